The molecule has 2 aromatic carbocycles. The van der Waals surface area contributed by atoms with Crippen molar-refractivity contribution in [2.45, 2.75) is 17.9 Å². The van der Waals surface area contributed by atoms with Crippen LogP contribution in [0.5, 0.6) is 0 Å². The van der Waals surface area contributed by atoms with E-state index in [1.165, 1.54) is 35.5 Å². The fourth-order valence-electron chi connectivity index (χ4n) is 2.76. The van der Waals surface area contributed by atoms with Gasteiger partial charge in [-0.25, -0.2) is 8.42 Å². The number of hydrogen-bond acceptors (Lipinski definition) is 4. The number of carbonyl (C=O) groups is 1. The molecule has 1 aliphatic rings. The molecule has 1 unspecified atom stereocenters. The average Bonchev–Trinajstić information content (AvgIpc) is 2.62. The first-order valence-electron chi connectivity index (χ1n) is 7.86. The summed E-state index contributed by atoms with van der Waals surface area (Å²) in [6.45, 7) is 2.26. The van der Waals surface area contributed by atoms with Crippen molar-refractivity contribution in [3.8, 4) is 0 Å². The number of nitrogens with zero attached hydrogens (tertiary/aromatic N) is 1. The van der Waals surface area contributed by atoms with Crippen LogP contribution in [0.3, 0.4) is 0 Å². The molecule has 1 heterocycles. The van der Waals surface area contributed by atoms with E-state index < -0.39 is 10.0 Å². The van der Waals surface area contributed by atoms with E-state index in [0.717, 1.165) is 5.56 Å². The second-order valence-corrected chi connectivity index (χ2v) is 8.23. The second kappa shape index (κ2) is 7.25. The molecule has 1 saturated heterocycles. The summed E-state index contributed by atoms with van der Waals surface area (Å²) in [5.74, 6) is -0.101. The van der Waals surface area contributed by atoms with Crippen LogP contribution in [0.2, 0.25) is 5.02 Å². The number of sulfonamides is 1. The Labute approximate surface area is 152 Å². The molecular formula is C18H18ClNO4S. The highest BCUT2D eigenvalue weighted by Crippen LogP contribution is 2.28. The number of ether oxygens (including phenoxy) is 1. The van der Waals surface area contributed by atoms with Crippen molar-refractivity contribution < 1.29 is 17.9 Å². The first-order valence-corrected chi connectivity index (χ1v) is 9.68. The molecule has 25 heavy (non-hydrogen) atoms. The monoisotopic (exact) mass is 379 g/mol. The molecule has 3 rings (SSSR count). The van der Waals surface area contributed by atoms with E-state index in [-0.39, 0.29) is 29.9 Å². The van der Waals surface area contributed by atoms with Crippen molar-refractivity contribution in [1.82, 2.24) is 4.31 Å². The summed E-state index contributed by atoms with van der Waals surface area (Å²) in [6, 6.07) is 13.2. The van der Waals surface area contributed by atoms with Crippen molar-refractivity contribution >= 4 is 27.4 Å². The molecule has 132 valence electrons. The van der Waals surface area contributed by atoms with Crippen molar-refractivity contribution in [3.05, 3.63) is 64.7 Å². The van der Waals surface area contributed by atoms with Gasteiger partial charge in [0.05, 0.1) is 17.6 Å². The van der Waals surface area contributed by atoms with E-state index >= 15 is 0 Å². The van der Waals surface area contributed by atoms with E-state index in [2.05, 4.69) is 0 Å². The number of rotatable bonds is 4. The highest BCUT2D eigenvalue weighted by molar-refractivity contribution is 7.89. The first-order chi connectivity index (χ1) is 11.9. The van der Waals surface area contributed by atoms with Crippen LogP contribution in [0.25, 0.3) is 0 Å². The zero-order valence-corrected chi connectivity index (χ0v) is 15.3. The largest absolute Gasteiger partial charge is 0.371 e. The van der Waals surface area contributed by atoms with Gasteiger partial charge in [0, 0.05) is 23.7 Å². The summed E-state index contributed by atoms with van der Waals surface area (Å²) in [5.41, 5.74) is 1.33. The number of benzene rings is 2. The third-order valence-corrected chi connectivity index (χ3v) is 6.26. The summed E-state index contributed by atoms with van der Waals surface area (Å²) in [7, 11) is -3.65. The minimum Gasteiger partial charge on any atom is -0.371 e. The molecule has 1 fully saturated rings. The minimum absolute atomic E-state index is 0.101. The molecule has 5 nitrogen and oxygen atoms in total. The molecule has 7 heteroatoms. The van der Waals surface area contributed by atoms with Crippen molar-refractivity contribution in [1.29, 1.82) is 0 Å². The zero-order valence-electron chi connectivity index (χ0n) is 13.7. The van der Waals surface area contributed by atoms with E-state index in [1.807, 2.05) is 12.1 Å². The molecule has 0 bridgehead atoms. The quantitative estimate of drug-likeness (QED) is 0.764. The Morgan fingerprint density at radius 3 is 2.56 bits per heavy atom. The third-order valence-electron chi connectivity index (χ3n) is 4.15. The van der Waals surface area contributed by atoms with Crippen LogP contribution >= 0.6 is 11.6 Å². The van der Waals surface area contributed by atoms with Crippen LogP contribution in [-0.4, -0.2) is 38.2 Å². The van der Waals surface area contributed by atoms with Gasteiger partial charge in [0.2, 0.25) is 10.0 Å². The van der Waals surface area contributed by atoms with Crippen LogP contribution < -0.4 is 0 Å². The number of Topliss-reactive ketones (excluding diaryl/α,β-unsaturated/α-hetero) is 1. The van der Waals surface area contributed by atoms with Crippen molar-refractivity contribution in [2.75, 3.05) is 19.7 Å². The maximum atomic E-state index is 12.9. The molecule has 1 aliphatic heterocycles. The smallest absolute Gasteiger partial charge is 0.243 e. The van der Waals surface area contributed by atoms with Gasteiger partial charge in [0.25, 0.3) is 0 Å². The summed E-state index contributed by atoms with van der Waals surface area (Å²) in [6.07, 6.45) is -0.362. The van der Waals surface area contributed by atoms with Gasteiger partial charge in [0.1, 0.15) is 0 Å². The summed E-state index contributed by atoms with van der Waals surface area (Å²) in [5, 5.41) is 0.584. The Kier molecular flexibility index (Phi) is 5.24. The number of ketones is 1. The molecule has 0 aromatic heterocycles. The zero-order chi connectivity index (χ0) is 18.0. The fraction of sp³-hybridized carbons (Fsp3) is 0.278. The Morgan fingerprint density at radius 2 is 1.92 bits per heavy atom. The molecule has 0 spiro atoms. The first kappa shape index (κ1) is 18.1. The molecule has 0 saturated carbocycles. The predicted octanol–water partition coefficient (Wildman–Crippen LogP) is 3.30. The Balaban J connectivity index is 1.83. The predicted molar refractivity (Wildman–Crippen MR) is 95.4 cm³/mol. The van der Waals surface area contributed by atoms with E-state index in [4.69, 9.17) is 16.3 Å². The molecule has 1 atom stereocenters. The Morgan fingerprint density at radius 1 is 1.20 bits per heavy atom. The van der Waals surface area contributed by atoms with Crippen LogP contribution in [0.15, 0.2) is 53.4 Å². The van der Waals surface area contributed by atoms with Gasteiger partial charge in [-0.15, -0.1) is 0 Å². The Hall–Kier alpha value is -1.73. The van der Waals surface area contributed by atoms with Crippen molar-refractivity contribution in [3.63, 3.8) is 0 Å². The van der Waals surface area contributed by atoms with Crippen LogP contribution in [0.1, 0.15) is 28.9 Å². The fourth-order valence-corrected chi connectivity index (χ4v) is 4.39. The van der Waals surface area contributed by atoms with Gasteiger partial charge in [0.15, 0.2) is 5.78 Å². The van der Waals surface area contributed by atoms with Gasteiger partial charge < -0.3 is 4.74 Å². The maximum absolute atomic E-state index is 12.9. The lowest BCUT2D eigenvalue weighted by Crippen LogP contribution is -2.42. The SMILES string of the molecule is CC(=O)c1ccc(S(=O)(=O)N2CCOC(c3cccc(Cl)c3)C2)cc1. The highest BCUT2D eigenvalue weighted by Gasteiger charge is 2.31. The van der Waals surface area contributed by atoms with Crippen LogP contribution in [0.4, 0.5) is 0 Å². The Bertz CT molecular complexity index is 880. The minimum atomic E-state index is -3.65. The molecule has 0 aliphatic carbocycles. The maximum Gasteiger partial charge on any atom is 0.243 e. The van der Waals surface area contributed by atoms with Crippen molar-refractivity contribution in [2.24, 2.45) is 0 Å². The number of hydrogen-bond donors (Lipinski definition) is 0. The molecule has 0 amide bonds. The lowest BCUT2D eigenvalue weighted by atomic mass is 10.1. The third kappa shape index (κ3) is 3.93. The summed E-state index contributed by atoms with van der Waals surface area (Å²) in [4.78, 5) is 11.5. The standard InChI is InChI=1S/C18H18ClNO4S/c1-13(21)14-5-7-17(8-6-14)25(22,23)20-9-10-24-18(12-20)15-3-2-4-16(19)11-15/h2-8,11,18H,9-10,12H2,1H3. The summed E-state index contributed by atoms with van der Waals surface area (Å²) >= 11 is 6.01. The number of morpholine rings is 1. The highest BCUT2D eigenvalue weighted by atomic mass is 35.5. The van der Waals surface area contributed by atoms with Crippen LogP contribution in [0, 0.1) is 0 Å². The second-order valence-electron chi connectivity index (χ2n) is 5.86. The van der Waals surface area contributed by atoms with Gasteiger partial charge in [-0.1, -0.05) is 35.9 Å². The summed E-state index contributed by atoms with van der Waals surface area (Å²) < 4.78 is 32.9. The molecule has 2 aromatic rings. The average molecular weight is 380 g/mol. The van der Waals surface area contributed by atoms with Gasteiger partial charge in [-0.3, -0.25) is 4.79 Å². The molecular weight excluding hydrogens is 362 g/mol. The van der Waals surface area contributed by atoms with E-state index in [0.29, 0.717) is 17.2 Å². The van der Waals surface area contributed by atoms with Gasteiger partial charge in [-0.05, 0) is 36.8 Å². The molecule has 0 radical (unpaired) electrons. The lowest BCUT2D eigenvalue weighted by molar-refractivity contribution is -0.00255. The van der Waals surface area contributed by atoms with E-state index in [1.54, 1.807) is 12.1 Å². The van der Waals surface area contributed by atoms with E-state index in [9.17, 15) is 13.2 Å². The normalized spacial score (nSPS) is 18.9. The van der Waals surface area contributed by atoms with Gasteiger partial charge >= 0.3 is 0 Å². The molecule has 0 N–H and O–H groups in total. The van der Waals surface area contributed by atoms with Crippen LogP contribution in [-0.2, 0) is 14.8 Å². The lowest BCUT2D eigenvalue weighted by Gasteiger charge is -2.32. The van der Waals surface area contributed by atoms with Gasteiger partial charge in [-0.2, -0.15) is 4.31 Å². The number of halogens is 1. The topological polar surface area (TPSA) is 63.7 Å². The number of carbonyl (C=O) groups excluding carboxylic acids is 1.